The molecule has 5 heteroatoms. The van der Waals surface area contributed by atoms with Gasteiger partial charge in [0.15, 0.2) is 5.16 Å². The lowest BCUT2D eigenvalue weighted by molar-refractivity contribution is 0.414. The Balaban J connectivity index is 2.16. The lowest BCUT2D eigenvalue weighted by Crippen LogP contribution is -1.99. The predicted molar refractivity (Wildman–Crippen MR) is 88.6 cm³/mol. The zero-order chi connectivity index (χ0) is 15.5. The lowest BCUT2D eigenvalue weighted by atomic mass is 10.2. The average Bonchev–Trinajstić information content (AvgIpc) is 2.92. The van der Waals surface area contributed by atoms with E-state index in [-0.39, 0.29) is 5.25 Å². The number of aromatic nitrogens is 2. The normalized spacial score (nSPS) is 12.0. The molecule has 1 aromatic heterocycles. The van der Waals surface area contributed by atoms with Crippen molar-refractivity contribution in [1.29, 1.82) is 5.26 Å². The summed E-state index contributed by atoms with van der Waals surface area (Å²) in [5.74, 6) is 0.813. The summed E-state index contributed by atoms with van der Waals surface area (Å²) in [6.45, 7) is 1.88. The number of ether oxygens (including phenoxy) is 1. The largest absolute Gasteiger partial charge is 0.497 e. The summed E-state index contributed by atoms with van der Waals surface area (Å²) in [6.07, 6.45) is 0. The highest BCUT2D eigenvalue weighted by Crippen LogP contribution is 2.30. The molecule has 2 aromatic carbocycles. The summed E-state index contributed by atoms with van der Waals surface area (Å²) >= 11 is 1.46. The molecule has 4 nitrogen and oxygen atoms in total. The van der Waals surface area contributed by atoms with Crippen molar-refractivity contribution in [2.75, 3.05) is 7.11 Å². The molecular weight excluding hydrogens is 294 g/mol. The van der Waals surface area contributed by atoms with Gasteiger partial charge in [0.05, 0.1) is 29.5 Å². The van der Waals surface area contributed by atoms with E-state index in [1.165, 1.54) is 11.8 Å². The lowest BCUT2D eigenvalue weighted by Gasteiger charge is -2.10. The monoisotopic (exact) mass is 309 g/mol. The molecule has 0 spiro atoms. The van der Waals surface area contributed by atoms with E-state index in [1.807, 2.05) is 55.5 Å². The molecule has 1 atom stereocenters. The number of imidazole rings is 1. The van der Waals surface area contributed by atoms with Gasteiger partial charge in [0.25, 0.3) is 0 Å². The van der Waals surface area contributed by atoms with Crippen LogP contribution >= 0.6 is 11.8 Å². The van der Waals surface area contributed by atoms with Crippen LogP contribution in [0.5, 0.6) is 5.75 Å². The summed E-state index contributed by atoms with van der Waals surface area (Å²) in [6, 6.07) is 18.1. The minimum absolute atomic E-state index is 0.159. The second kappa shape index (κ2) is 6.12. The molecule has 3 rings (SSSR count). The van der Waals surface area contributed by atoms with E-state index < -0.39 is 0 Å². The van der Waals surface area contributed by atoms with Gasteiger partial charge in [-0.2, -0.15) is 5.26 Å². The van der Waals surface area contributed by atoms with Crippen LogP contribution in [-0.4, -0.2) is 21.9 Å². The maximum absolute atomic E-state index is 9.08. The molecular formula is C17H15N3OS. The Bertz CT molecular complexity index is 833. The first kappa shape index (κ1) is 14.5. The quantitative estimate of drug-likeness (QED) is 0.683. The van der Waals surface area contributed by atoms with Gasteiger partial charge in [-0.1, -0.05) is 23.9 Å². The van der Waals surface area contributed by atoms with Gasteiger partial charge in [-0.25, -0.2) is 4.98 Å². The molecule has 0 saturated carbocycles. The summed E-state index contributed by atoms with van der Waals surface area (Å²) in [7, 11) is 1.65. The number of para-hydroxylation sites is 2. The van der Waals surface area contributed by atoms with E-state index in [1.54, 1.807) is 7.11 Å². The molecule has 0 aliphatic heterocycles. The van der Waals surface area contributed by atoms with Crippen LogP contribution in [0.15, 0.2) is 53.7 Å². The SMILES string of the molecule is COc1ccc(-n2c(S[C@H](C)C#N)nc3ccccc32)cc1. The van der Waals surface area contributed by atoms with E-state index in [0.717, 1.165) is 27.6 Å². The second-order valence-corrected chi connectivity index (χ2v) is 6.11. The summed E-state index contributed by atoms with van der Waals surface area (Å²) < 4.78 is 7.29. The third-order valence-electron chi connectivity index (χ3n) is 3.32. The Labute approximate surface area is 133 Å². The second-order valence-electron chi connectivity index (χ2n) is 4.81. The Morgan fingerprint density at radius 2 is 1.91 bits per heavy atom. The Hall–Kier alpha value is -2.45. The molecule has 0 fully saturated rings. The fourth-order valence-corrected chi connectivity index (χ4v) is 3.08. The number of nitrogens with zero attached hydrogens (tertiary/aromatic N) is 3. The van der Waals surface area contributed by atoms with Crippen LogP contribution < -0.4 is 4.74 Å². The molecule has 0 unspecified atom stereocenters. The van der Waals surface area contributed by atoms with Gasteiger partial charge >= 0.3 is 0 Å². The zero-order valence-electron chi connectivity index (χ0n) is 12.4. The molecule has 1 heterocycles. The topological polar surface area (TPSA) is 50.8 Å². The Kier molecular flexibility index (Phi) is 4.03. The van der Waals surface area contributed by atoms with Crippen LogP contribution in [-0.2, 0) is 0 Å². The number of nitriles is 1. The van der Waals surface area contributed by atoms with Crippen LogP contribution in [0.4, 0.5) is 0 Å². The summed E-state index contributed by atoms with van der Waals surface area (Å²) in [4.78, 5) is 4.66. The summed E-state index contributed by atoms with van der Waals surface area (Å²) in [5.41, 5.74) is 2.95. The molecule has 22 heavy (non-hydrogen) atoms. The van der Waals surface area contributed by atoms with Crippen molar-refractivity contribution in [3.05, 3.63) is 48.5 Å². The molecule has 0 bridgehead atoms. The van der Waals surface area contributed by atoms with Crippen molar-refractivity contribution in [3.8, 4) is 17.5 Å². The standard InChI is InChI=1S/C17H15N3OS/c1-12(11-18)22-17-19-15-5-3-4-6-16(15)20(17)13-7-9-14(21-2)10-8-13/h3-10,12H,1-2H3/t12-/m1/s1. The van der Waals surface area contributed by atoms with Gasteiger partial charge in [0.2, 0.25) is 0 Å². The van der Waals surface area contributed by atoms with E-state index in [2.05, 4.69) is 15.6 Å². The Morgan fingerprint density at radius 3 is 2.59 bits per heavy atom. The fourth-order valence-electron chi connectivity index (χ4n) is 2.25. The first-order chi connectivity index (χ1) is 10.7. The minimum Gasteiger partial charge on any atom is -0.497 e. The number of rotatable bonds is 4. The van der Waals surface area contributed by atoms with E-state index in [0.29, 0.717) is 0 Å². The van der Waals surface area contributed by atoms with Gasteiger partial charge in [-0.05, 0) is 43.3 Å². The molecule has 0 amide bonds. The average molecular weight is 309 g/mol. The molecule has 0 saturated heterocycles. The third-order valence-corrected chi connectivity index (χ3v) is 4.27. The summed E-state index contributed by atoms with van der Waals surface area (Å²) in [5, 5.41) is 9.74. The van der Waals surface area contributed by atoms with E-state index >= 15 is 0 Å². The van der Waals surface area contributed by atoms with Crippen LogP contribution in [0.2, 0.25) is 0 Å². The van der Waals surface area contributed by atoms with Crippen molar-refractivity contribution in [3.63, 3.8) is 0 Å². The van der Waals surface area contributed by atoms with Crippen LogP contribution in [0.25, 0.3) is 16.7 Å². The third kappa shape index (κ3) is 2.66. The van der Waals surface area contributed by atoms with Crippen molar-refractivity contribution < 1.29 is 4.74 Å². The Morgan fingerprint density at radius 1 is 1.18 bits per heavy atom. The first-order valence-corrected chi connectivity index (χ1v) is 7.79. The van der Waals surface area contributed by atoms with Gasteiger partial charge < -0.3 is 4.74 Å². The predicted octanol–water partition coefficient (Wildman–Crippen LogP) is 4.04. The molecule has 3 aromatic rings. The number of thioether (sulfide) groups is 1. The molecule has 0 radical (unpaired) electrons. The number of fused-ring (bicyclic) bond motifs is 1. The van der Waals surface area contributed by atoms with Gasteiger partial charge in [0.1, 0.15) is 5.75 Å². The van der Waals surface area contributed by atoms with Crippen LogP contribution in [0, 0.1) is 11.3 Å². The number of methoxy groups -OCH3 is 1. The van der Waals surface area contributed by atoms with Gasteiger partial charge in [0, 0.05) is 5.69 Å². The van der Waals surface area contributed by atoms with Crippen molar-refractivity contribution in [2.45, 2.75) is 17.3 Å². The molecule has 0 aliphatic rings. The highest BCUT2D eigenvalue weighted by atomic mass is 32.2. The van der Waals surface area contributed by atoms with Crippen molar-refractivity contribution in [1.82, 2.24) is 9.55 Å². The highest BCUT2D eigenvalue weighted by Gasteiger charge is 2.15. The smallest absolute Gasteiger partial charge is 0.174 e. The number of hydrogen-bond acceptors (Lipinski definition) is 4. The van der Waals surface area contributed by atoms with Crippen molar-refractivity contribution >= 4 is 22.8 Å². The van der Waals surface area contributed by atoms with E-state index in [9.17, 15) is 0 Å². The van der Waals surface area contributed by atoms with E-state index in [4.69, 9.17) is 10.00 Å². The van der Waals surface area contributed by atoms with Crippen molar-refractivity contribution in [2.24, 2.45) is 0 Å². The maximum atomic E-state index is 9.08. The number of hydrogen-bond donors (Lipinski definition) is 0. The molecule has 110 valence electrons. The first-order valence-electron chi connectivity index (χ1n) is 6.91. The molecule has 0 N–H and O–H groups in total. The highest BCUT2D eigenvalue weighted by molar-refractivity contribution is 8.00. The van der Waals surface area contributed by atoms with Crippen LogP contribution in [0.1, 0.15) is 6.92 Å². The number of benzene rings is 2. The minimum atomic E-state index is -0.159. The van der Waals surface area contributed by atoms with Gasteiger partial charge in [-0.3, -0.25) is 4.57 Å². The fraction of sp³-hybridized carbons (Fsp3) is 0.176. The van der Waals surface area contributed by atoms with Crippen LogP contribution in [0.3, 0.4) is 0 Å². The molecule has 0 aliphatic carbocycles. The maximum Gasteiger partial charge on any atom is 0.174 e. The van der Waals surface area contributed by atoms with Gasteiger partial charge in [-0.15, -0.1) is 0 Å². The zero-order valence-corrected chi connectivity index (χ0v) is 13.2.